The Morgan fingerprint density at radius 3 is 2.42 bits per heavy atom. The third kappa shape index (κ3) is 5.18. The molecule has 0 atom stereocenters. The second-order valence-corrected chi connectivity index (χ2v) is 6.54. The van der Waals surface area contributed by atoms with E-state index in [1.807, 2.05) is 0 Å². The fraction of sp³-hybridized carbons (Fsp3) is 0.611. The number of aryl methyl sites for hydroxylation is 2. The highest BCUT2D eigenvalue weighted by Crippen LogP contribution is 2.27. The Bertz CT molecular complexity index is 424. The van der Waals surface area contributed by atoms with Crippen LogP contribution in [0.4, 0.5) is 0 Å². The lowest BCUT2D eigenvalue weighted by atomic mass is 9.83. The first-order valence-corrected chi connectivity index (χ1v) is 7.46. The molecule has 0 aliphatic heterocycles. The molecule has 0 aliphatic carbocycles. The summed E-state index contributed by atoms with van der Waals surface area (Å²) in [5.74, 6) is 0.408. The lowest BCUT2D eigenvalue weighted by molar-refractivity contribution is -0.119. The second-order valence-electron chi connectivity index (χ2n) is 6.54. The van der Waals surface area contributed by atoms with Crippen LogP contribution in [0.3, 0.4) is 0 Å². The molecule has 0 saturated heterocycles. The van der Waals surface area contributed by atoms with Crippen molar-refractivity contribution >= 4 is 5.78 Å². The van der Waals surface area contributed by atoms with Crippen molar-refractivity contribution < 1.29 is 4.79 Å². The summed E-state index contributed by atoms with van der Waals surface area (Å²) in [6, 6.07) is 6.73. The number of ketones is 1. The Kier molecular flexibility index (Phi) is 5.78. The van der Waals surface area contributed by atoms with E-state index in [0.717, 1.165) is 32.1 Å². The van der Waals surface area contributed by atoms with Crippen molar-refractivity contribution in [3.05, 3.63) is 34.9 Å². The summed E-state index contributed by atoms with van der Waals surface area (Å²) in [7, 11) is 0. The average molecular weight is 260 g/mol. The van der Waals surface area contributed by atoms with E-state index in [1.165, 1.54) is 16.7 Å². The van der Waals surface area contributed by atoms with Crippen LogP contribution < -0.4 is 0 Å². The topological polar surface area (TPSA) is 17.1 Å². The Balaban J connectivity index is 2.63. The standard InChI is InChI=1S/C18H28O/c1-6-8-16(19)10-7-9-15-12-11-14(2)17(13-15)18(3,4)5/h11-13H,6-10H2,1-5H3. The van der Waals surface area contributed by atoms with Crippen LogP contribution in [0, 0.1) is 6.92 Å². The first-order chi connectivity index (χ1) is 8.84. The van der Waals surface area contributed by atoms with Gasteiger partial charge in [0, 0.05) is 12.8 Å². The van der Waals surface area contributed by atoms with Gasteiger partial charge in [0.15, 0.2) is 0 Å². The molecule has 0 aliphatic rings. The van der Waals surface area contributed by atoms with E-state index in [0.29, 0.717) is 5.78 Å². The van der Waals surface area contributed by atoms with Crippen LogP contribution in [0.1, 0.15) is 70.1 Å². The fourth-order valence-electron chi connectivity index (χ4n) is 2.53. The summed E-state index contributed by atoms with van der Waals surface area (Å²) in [6.45, 7) is 11.0. The maximum atomic E-state index is 11.5. The highest BCUT2D eigenvalue weighted by atomic mass is 16.1. The number of hydrogen-bond donors (Lipinski definition) is 0. The van der Waals surface area contributed by atoms with Crippen LogP contribution in [0.15, 0.2) is 18.2 Å². The zero-order valence-corrected chi connectivity index (χ0v) is 13.2. The molecule has 0 spiro atoms. The zero-order valence-electron chi connectivity index (χ0n) is 13.2. The highest BCUT2D eigenvalue weighted by molar-refractivity contribution is 5.78. The van der Waals surface area contributed by atoms with E-state index in [1.54, 1.807) is 0 Å². The minimum Gasteiger partial charge on any atom is -0.300 e. The van der Waals surface area contributed by atoms with Crippen molar-refractivity contribution in [2.75, 3.05) is 0 Å². The molecule has 1 aromatic carbocycles. The molecule has 0 saturated carbocycles. The van der Waals surface area contributed by atoms with E-state index in [9.17, 15) is 4.79 Å². The van der Waals surface area contributed by atoms with Crippen molar-refractivity contribution in [1.29, 1.82) is 0 Å². The molecule has 0 unspecified atom stereocenters. The van der Waals surface area contributed by atoms with Gasteiger partial charge in [-0.05, 0) is 48.3 Å². The number of carbonyl (C=O) groups is 1. The Labute approximate surface area is 118 Å². The monoisotopic (exact) mass is 260 g/mol. The van der Waals surface area contributed by atoms with Gasteiger partial charge in [0.25, 0.3) is 0 Å². The first kappa shape index (κ1) is 15.9. The molecule has 0 heterocycles. The van der Waals surface area contributed by atoms with Crippen LogP contribution in [-0.4, -0.2) is 5.78 Å². The number of benzene rings is 1. The Morgan fingerprint density at radius 1 is 1.16 bits per heavy atom. The molecule has 0 fully saturated rings. The third-order valence-electron chi connectivity index (χ3n) is 3.56. The van der Waals surface area contributed by atoms with Crippen molar-refractivity contribution in [1.82, 2.24) is 0 Å². The second kappa shape index (κ2) is 6.88. The lowest BCUT2D eigenvalue weighted by Gasteiger charge is -2.22. The van der Waals surface area contributed by atoms with Gasteiger partial charge in [0.1, 0.15) is 5.78 Å². The van der Waals surface area contributed by atoms with E-state index in [-0.39, 0.29) is 5.41 Å². The van der Waals surface area contributed by atoms with E-state index >= 15 is 0 Å². The predicted octanol–water partition coefficient (Wildman–Crippen LogP) is 4.98. The normalized spacial score (nSPS) is 11.6. The molecule has 106 valence electrons. The molecule has 1 aromatic rings. The van der Waals surface area contributed by atoms with Crippen LogP contribution in [-0.2, 0) is 16.6 Å². The molecule has 1 rings (SSSR count). The van der Waals surface area contributed by atoms with Gasteiger partial charge in [-0.15, -0.1) is 0 Å². The van der Waals surface area contributed by atoms with Gasteiger partial charge in [-0.25, -0.2) is 0 Å². The molecule has 0 N–H and O–H groups in total. The van der Waals surface area contributed by atoms with Crippen molar-refractivity contribution in [3.63, 3.8) is 0 Å². The summed E-state index contributed by atoms with van der Waals surface area (Å²) in [4.78, 5) is 11.5. The van der Waals surface area contributed by atoms with Crippen LogP contribution in [0.2, 0.25) is 0 Å². The van der Waals surface area contributed by atoms with Crippen LogP contribution >= 0.6 is 0 Å². The van der Waals surface area contributed by atoms with Crippen LogP contribution in [0.5, 0.6) is 0 Å². The Morgan fingerprint density at radius 2 is 1.84 bits per heavy atom. The number of carbonyl (C=O) groups excluding carboxylic acids is 1. The number of hydrogen-bond acceptors (Lipinski definition) is 1. The molecule has 19 heavy (non-hydrogen) atoms. The summed E-state index contributed by atoms with van der Waals surface area (Å²) in [5, 5.41) is 0. The maximum Gasteiger partial charge on any atom is 0.132 e. The molecule has 0 amide bonds. The summed E-state index contributed by atoms with van der Waals surface area (Å²) < 4.78 is 0. The highest BCUT2D eigenvalue weighted by Gasteiger charge is 2.16. The summed E-state index contributed by atoms with van der Waals surface area (Å²) in [6.07, 6.45) is 4.43. The fourth-order valence-corrected chi connectivity index (χ4v) is 2.53. The lowest BCUT2D eigenvalue weighted by Crippen LogP contribution is -2.13. The molecule has 0 aromatic heterocycles. The van der Waals surface area contributed by atoms with E-state index in [2.05, 4.69) is 52.8 Å². The summed E-state index contributed by atoms with van der Waals surface area (Å²) >= 11 is 0. The third-order valence-corrected chi connectivity index (χ3v) is 3.56. The quantitative estimate of drug-likeness (QED) is 0.704. The summed E-state index contributed by atoms with van der Waals surface area (Å²) in [5.41, 5.74) is 4.33. The van der Waals surface area contributed by atoms with Crippen LogP contribution in [0.25, 0.3) is 0 Å². The van der Waals surface area contributed by atoms with Gasteiger partial charge >= 0.3 is 0 Å². The van der Waals surface area contributed by atoms with Gasteiger partial charge < -0.3 is 0 Å². The number of Topliss-reactive ketones (excluding diaryl/α,β-unsaturated/α-hetero) is 1. The van der Waals surface area contributed by atoms with Gasteiger partial charge in [-0.1, -0.05) is 45.9 Å². The van der Waals surface area contributed by atoms with Crippen molar-refractivity contribution in [2.45, 2.75) is 72.1 Å². The molecule has 0 radical (unpaired) electrons. The zero-order chi connectivity index (χ0) is 14.5. The van der Waals surface area contributed by atoms with Gasteiger partial charge in [-0.3, -0.25) is 4.79 Å². The van der Waals surface area contributed by atoms with Gasteiger partial charge in [0.05, 0.1) is 0 Å². The van der Waals surface area contributed by atoms with Crippen molar-refractivity contribution in [2.24, 2.45) is 0 Å². The van der Waals surface area contributed by atoms with E-state index in [4.69, 9.17) is 0 Å². The van der Waals surface area contributed by atoms with Gasteiger partial charge in [-0.2, -0.15) is 0 Å². The predicted molar refractivity (Wildman–Crippen MR) is 82.7 cm³/mol. The first-order valence-electron chi connectivity index (χ1n) is 7.46. The molecule has 0 bridgehead atoms. The molecule has 1 nitrogen and oxygen atoms in total. The Hall–Kier alpha value is -1.11. The smallest absolute Gasteiger partial charge is 0.132 e. The SMILES string of the molecule is CCCC(=O)CCCc1ccc(C)c(C(C)(C)C)c1. The molecular formula is C18H28O. The van der Waals surface area contributed by atoms with Gasteiger partial charge in [0.2, 0.25) is 0 Å². The molecule has 1 heteroatoms. The average Bonchev–Trinajstić information content (AvgIpc) is 2.30. The molecular weight excluding hydrogens is 232 g/mol. The van der Waals surface area contributed by atoms with Crippen molar-refractivity contribution in [3.8, 4) is 0 Å². The minimum atomic E-state index is 0.193. The minimum absolute atomic E-state index is 0.193. The largest absolute Gasteiger partial charge is 0.300 e. The van der Waals surface area contributed by atoms with E-state index < -0.39 is 0 Å². The number of rotatable bonds is 6. The maximum absolute atomic E-state index is 11.5.